The predicted molar refractivity (Wildman–Crippen MR) is 92.0 cm³/mol. The zero-order valence-corrected chi connectivity index (χ0v) is 14.6. The van der Waals surface area contributed by atoms with Crippen LogP contribution >= 0.6 is 11.3 Å². The lowest BCUT2D eigenvalue weighted by molar-refractivity contribution is -0.150. The van der Waals surface area contributed by atoms with E-state index >= 15 is 0 Å². The standard InChI is InChI=1S/C18H18N2O4S/c1-11-19-14(9-25-11)16(21)20-7-13-8-24-15-5-3-2-4-12(15)6-18(13,10-20)17(22)23/h2-5,9,13H,6-8,10H2,1H3,(H,22,23)/t13-,18+/m1/s1. The van der Waals surface area contributed by atoms with Crippen LogP contribution in [0.2, 0.25) is 0 Å². The summed E-state index contributed by atoms with van der Waals surface area (Å²) in [5.41, 5.74) is 0.250. The van der Waals surface area contributed by atoms with Crippen molar-refractivity contribution in [1.29, 1.82) is 0 Å². The van der Waals surface area contributed by atoms with Gasteiger partial charge in [0, 0.05) is 24.4 Å². The number of hydrogen-bond acceptors (Lipinski definition) is 5. The molecule has 7 heteroatoms. The van der Waals surface area contributed by atoms with Gasteiger partial charge in [0.1, 0.15) is 11.4 Å². The summed E-state index contributed by atoms with van der Waals surface area (Å²) >= 11 is 1.42. The largest absolute Gasteiger partial charge is 0.493 e. The van der Waals surface area contributed by atoms with Gasteiger partial charge >= 0.3 is 5.97 Å². The zero-order chi connectivity index (χ0) is 17.6. The summed E-state index contributed by atoms with van der Waals surface area (Å²) < 4.78 is 5.86. The third-order valence-corrected chi connectivity index (χ3v) is 5.94. The molecule has 25 heavy (non-hydrogen) atoms. The van der Waals surface area contributed by atoms with Crippen LogP contribution in [-0.2, 0) is 11.2 Å². The number of carboxylic acids is 1. The maximum absolute atomic E-state index is 12.7. The van der Waals surface area contributed by atoms with Crippen molar-refractivity contribution in [2.24, 2.45) is 11.3 Å². The molecule has 2 aliphatic heterocycles. The molecule has 3 heterocycles. The molecule has 0 spiro atoms. The van der Waals surface area contributed by atoms with Crippen molar-refractivity contribution in [3.05, 3.63) is 45.9 Å². The van der Waals surface area contributed by atoms with Gasteiger partial charge in [-0.2, -0.15) is 0 Å². The fourth-order valence-corrected chi connectivity index (χ4v) is 4.39. The van der Waals surface area contributed by atoms with Crippen LogP contribution in [0.4, 0.5) is 0 Å². The minimum absolute atomic E-state index is 0.181. The lowest BCUT2D eigenvalue weighted by Crippen LogP contribution is -2.42. The van der Waals surface area contributed by atoms with Gasteiger partial charge in [-0.15, -0.1) is 11.3 Å². The molecular formula is C18H18N2O4S. The van der Waals surface area contributed by atoms with E-state index < -0.39 is 11.4 Å². The number of amides is 1. The molecule has 1 saturated heterocycles. The Labute approximate surface area is 149 Å². The van der Waals surface area contributed by atoms with Crippen molar-refractivity contribution in [3.8, 4) is 5.75 Å². The number of aromatic nitrogens is 1. The van der Waals surface area contributed by atoms with E-state index in [0.717, 1.165) is 16.3 Å². The Morgan fingerprint density at radius 2 is 2.20 bits per heavy atom. The minimum atomic E-state index is -1.02. The average molecular weight is 358 g/mol. The Kier molecular flexibility index (Phi) is 3.76. The van der Waals surface area contributed by atoms with Crippen LogP contribution in [0.15, 0.2) is 29.6 Å². The first kappa shape index (κ1) is 16.1. The maximum atomic E-state index is 12.7. The van der Waals surface area contributed by atoms with Crippen LogP contribution in [-0.4, -0.2) is 46.6 Å². The molecule has 2 aromatic rings. The summed E-state index contributed by atoms with van der Waals surface area (Å²) in [5.74, 6) is -0.583. The van der Waals surface area contributed by atoms with Gasteiger partial charge in [-0.3, -0.25) is 9.59 Å². The summed E-state index contributed by atoms with van der Waals surface area (Å²) in [5, 5.41) is 12.6. The molecule has 2 aliphatic rings. The number of para-hydroxylation sites is 1. The average Bonchev–Trinajstić information content (AvgIpc) is 3.14. The number of ether oxygens (including phenoxy) is 1. The van der Waals surface area contributed by atoms with E-state index in [9.17, 15) is 14.7 Å². The molecular weight excluding hydrogens is 340 g/mol. The monoisotopic (exact) mass is 358 g/mol. The fraction of sp³-hybridized carbons (Fsp3) is 0.389. The highest BCUT2D eigenvalue weighted by Crippen LogP contribution is 2.44. The van der Waals surface area contributed by atoms with Gasteiger partial charge in [0.25, 0.3) is 5.91 Å². The summed E-state index contributed by atoms with van der Waals surface area (Å²) in [7, 11) is 0. The molecule has 0 aliphatic carbocycles. The fourth-order valence-electron chi connectivity index (χ4n) is 3.80. The van der Waals surface area contributed by atoms with Gasteiger partial charge < -0.3 is 14.7 Å². The van der Waals surface area contributed by atoms with Gasteiger partial charge in [0.15, 0.2) is 0 Å². The molecule has 0 unspecified atom stereocenters. The molecule has 6 nitrogen and oxygen atoms in total. The van der Waals surface area contributed by atoms with Crippen molar-refractivity contribution in [1.82, 2.24) is 9.88 Å². The molecule has 1 aromatic heterocycles. The first-order chi connectivity index (χ1) is 12.0. The summed E-state index contributed by atoms with van der Waals surface area (Å²) in [4.78, 5) is 30.8. The molecule has 0 radical (unpaired) electrons. The van der Waals surface area contributed by atoms with E-state index in [1.165, 1.54) is 11.3 Å². The highest BCUT2D eigenvalue weighted by molar-refractivity contribution is 7.09. The molecule has 0 saturated carbocycles. The third kappa shape index (κ3) is 2.59. The number of aryl methyl sites for hydroxylation is 1. The summed E-state index contributed by atoms with van der Waals surface area (Å²) in [6.07, 6.45) is 0.364. The van der Waals surface area contributed by atoms with Crippen LogP contribution in [0, 0.1) is 18.3 Å². The number of hydrogen-bond donors (Lipinski definition) is 1. The Bertz CT molecular complexity index is 849. The van der Waals surface area contributed by atoms with Crippen molar-refractivity contribution < 1.29 is 19.4 Å². The Morgan fingerprint density at radius 3 is 2.92 bits per heavy atom. The number of aliphatic carboxylic acids is 1. The normalized spacial score (nSPS) is 24.8. The lowest BCUT2D eigenvalue weighted by Gasteiger charge is -2.27. The van der Waals surface area contributed by atoms with Crippen molar-refractivity contribution in [3.63, 3.8) is 0 Å². The Morgan fingerprint density at radius 1 is 1.40 bits per heavy atom. The van der Waals surface area contributed by atoms with E-state index in [-0.39, 0.29) is 18.4 Å². The van der Waals surface area contributed by atoms with Crippen molar-refractivity contribution in [2.75, 3.05) is 19.7 Å². The zero-order valence-electron chi connectivity index (χ0n) is 13.8. The number of benzene rings is 1. The predicted octanol–water partition coefficient (Wildman–Crippen LogP) is 2.23. The number of likely N-dealkylation sites (tertiary alicyclic amines) is 1. The quantitative estimate of drug-likeness (QED) is 0.890. The number of nitrogens with zero attached hydrogens (tertiary/aromatic N) is 2. The van der Waals surface area contributed by atoms with Gasteiger partial charge in [-0.25, -0.2) is 4.98 Å². The first-order valence-electron chi connectivity index (χ1n) is 8.15. The number of rotatable bonds is 2. The molecule has 1 aromatic carbocycles. The van der Waals surface area contributed by atoms with E-state index in [4.69, 9.17) is 4.74 Å². The second-order valence-corrected chi connectivity index (χ2v) is 7.75. The van der Waals surface area contributed by atoms with Gasteiger partial charge in [-0.1, -0.05) is 18.2 Å². The van der Waals surface area contributed by atoms with E-state index in [0.29, 0.717) is 25.3 Å². The van der Waals surface area contributed by atoms with E-state index in [2.05, 4.69) is 4.98 Å². The summed E-state index contributed by atoms with van der Waals surface area (Å²) in [6.45, 7) is 2.69. The smallest absolute Gasteiger partial charge is 0.312 e. The SMILES string of the molecule is Cc1nc(C(=O)N2C[C@@H]3COc4ccccc4C[C@]3(C(=O)O)C2)cs1. The van der Waals surface area contributed by atoms with Crippen molar-refractivity contribution in [2.45, 2.75) is 13.3 Å². The first-order valence-corrected chi connectivity index (χ1v) is 9.03. The molecule has 1 fully saturated rings. The second-order valence-electron chi connectivity index (χ2n) is 6.69. The molecule has 130 valence electrons. The Hall–Kier alpha value is -2.41. The number of fused-ring (bicyclic) bond motifs is 2. The molecule has 1 amide bonds. The highest BCUT2D eigenvalue weighted by Gasteiger charge is 2.55. The maximum Gasteiger partial charge on any atom is 0.312 e. The molecule has 2 atom stereocenters. The van der Waals surface area contributed by atoms with Gasteiger partial charge in [0.2, 0.25) is 0 Å². The second kappa shape index (κ2) is 5.84. The number of thiazole rings is 1. The molecule has 0 bridgehead atoms. The third-order valence-electron chi connectivity index (χ3n) is 5.17. The van der Waals surface area contributed by atoms with E-state index in [1.807, 2.05) is 31.2 Å². The number of carboxylic acid groups (broad SMARTS) is 1. The van der Waals surface area contributed by atoms with E-state index in [1.54, 1.807) is 10.3 Å². The Balaban J connectivity index is 1.67. The van der Waals surface area contributed by atoms with Crippen LogP contribution in [0.1, 0.15) is 21.1 Å². The van der Waals surface area contributed by atoms with Crippen LogP contribution in [0.25, 0.3) is 0 Å². The van der Waals surface area contributed by atoms with Crippen LogP contribution in [0.5, 0.6) is 5.75 Å². The van der Waals surface area contributed by atoms with Gasteiger partial charge in [0.05, 0.1) is 17.0 Å². The van der Waals surface area contributed by atoms with Gasteiger partial charge in [-0.05, 0) is 25.0 Å². The number of carbonyl (C=O) groups excluding carboxylic acids is 1. The van der Waals surface area contributed by atoms with Crippen molar-refractivity contribution >= 4 is 23.2 Å². The van der Waals surface area contributed by atoms with Crippen LogP contribution < -0.4 is 4.74 Å². The minimum Gasteiger partial charge on any atom is -0.493 e. The molecule has 1 N–H and O–H groups in total. The highest BCUT2D eigenvalue weighted by atomic mass is 32.1. The van der Waals surface area contributed by atoms with Crippen LogP contribution in [0.3, 0.4) is 0 Å². The molecule has 4 rings (SSSR count). The lowest BCUT2D eigenvalue weighted by atomic mass is 9.74. The summed E-state index contributed by atoms with van der Waals surface area (Å²) in [6, 6.07) is 7.53. The number of carbonyl (C=O) groups is 2. The topological polar surface area (TPSA) is 79.7 Å².